The first-order valence-electron chi connectivity index (χ1n) is 8.24. The van der Waals surface area contributed by atoms with Gasteiger partial charge >= 0.3 is 5.97 Å². The molecule has 2 aromatic rings. The van der Waals surface area contributed by atoms with Gasteiger partial charge in [-0.2, -0.15) is 0 Å². The van der Waals surface area contributed by atoms with Crippen molar-refractivity contribution in [1.82, 2.24) is 0 Å². The standard InChI is InChI=1S/C18H16O4.C3H8/c1-2-17(19)22-13-12-21-16-10-8-15(9-11-16)18(20)14-6-4-3-5-7-14;1-3-2/h2-11H,1,12-13H2;3H2,1-2H3. The molecule has 0 aromatic heterocycles. The van der Waals surface area contributed by atoms with Crippen molar-refractivity contribution in [2.75, 3.05) is 13.2 Å². The molecule has 0 N–H and O–H groups in total. The summed E-state index contributed by atoms with van der Waals surface area (Å²) < 4.78 is 10.2. The molecule has 0 aliphatic heterocycles. The van der Waals surface area contributed by atoms with Crippen LogP contribution in [0.2, 0.25) is 0 Å². The molecule has 2 rings (SSSR count). The van der Waals surface area contributed by atoms with Gasteiger partial charge in [-0.3, -0.25) is 4.79 Å². The van der Waals surface area contributed by atoms with E-state index in [1.807, 2.05) is 18.2 Å². The number of hydrogen-bond acceptors (Lipinski definition) is 4. The summed E-state index contributed by atoms with van der Waals surface area (Å²) in [7, 11) is 0. The maximum Gasteiger partial charge on any atom is 0.330 e. The molecule has 132 valence electrons. The van der Waals surface area contributed by atoms with Crippen molar-refractivity contribution in [3.05, 3.63) is 78.4 Å². The highest BCUT2D eigenvalue weighted by Gasteiger charge is 2.08. The molecule has 0 saturated heterocycles. The maximum atomic E-state index is 12.2. The molecule has 0 fully saturated rings. The summed E-state index contributed by atoms with van der Waals surface area (Å²) in [6, 6.07) is 15.9. The van der Waals surface area contributed by atoms with Crippen LogP contribution in [-0.2, 0) is 9.53 Å². The first-order valence-corrected chi connectivity index (χ1v) is 8.24. The van der Waals surface area contributed by atoms with E-state index < -0.39 is 5.97 Å². The molecule has 0 saturated carbocycles. The van der Waals surface area contributed by atoms with E-state index in [9.17, 15) is 9.59 Å². The molecule has 4 nitrogen and oxygen atoms in total. The van der Waals surface area contributed by atoms with Crippen molar-refractivity contribution in [1.29, 1.82) is 0 Å². The van der Waals surface area contributed by atoms with E-state index in [1.165, 1.54) is 6.42 Å². The maximum absolute atomic E-state index is 12.2. The van der Waals surface area contributed by atoms with Gasteiger partial charge in [0.1, 0.15) is 19.0 Å². The molecule has 25 heavy (non-hydrogen) atoms. The smallest absolute Gasteiger partial charge is 0.330 e. The van der Waals surface area contributed by atoms with Gasteiger partial charge in [0.2, 0.25) is 0 Å². The van der Waals surface area contributed by atoms with Crippen LogP contribution in [0, 0.1) is 0 Å². The molecule has 0 atom stereocenters. The minimum Gasteiger partial charge on any atom is -0.490 e. The molecule has 0 spiro atoms. The number of rotatable bonds is 7. The molecular formula is C21H24O4. The monoisotopic (exact) mass is 340 g/mol. The van der Waals surface area contributed by atoms with Gasteiger partial charge in [0.15, 0.2) is 5.78 Å². The summed E-state index contributed by atoms with van der Waals surface area (Å²) in [6.45, 7) is 7.94. The van der Waals surface area contributed by atoms with E-state index in [0.717, 1.165) is 6.08 Å². The average Bonchev–Trinajstić information content (AvgIpc) is 2.66. The lowest BCUT2D eigenvalue weighted by Gasteiger charge is -2.07. The highest BCUT2D eigenvalue weighted by Crippen LogP contribution is 2.15. The Morgan fingerprint density at radius 3 is 2.04 bits per heavy atom. The zero-order valence-corrected chi connectivity index (χ0v) is 14.7. The van der Waals surface area contributed by atoms with E-state index in [4.69, 9.17) is 9.47 Å². The summed E-state index contributed by atoms with van der Waals surface area (Å²) in [5.41, 5.74) is 1.24. The third-order valence-electron chi connectivity index (χ3n) is 2.92. The number of carbonyl (C=O) groups excluding carboxylic acids is 2. The third-order valence-corrected chi connectivity index (χ3v) is 2.92. The van der Waals surface area contributed by atoms with Crippen LogP contribution in [0.15, 0.2) is 67.3 Å². The number of esters is 1. The molecule has 0 radical (unpaired) electrons. The quantitative estimate of drug-likeness (QED) is 0.323. The van der Waals surface area contributed by atoms with Crippen molar-refractivity contribution in [2.24, 2.45) is 0 Å². The molecule has 4 heteroatoms. The minimum absolute atomic E-state index is 0.0351. The van der Waals surface area contributed by atoms with Crippen LogP contribution >= 0.6 is 0 Å². The van der Waals surface area contributed by atoms with Crippen LogP contribution in [-0.4, -0.2) is 25.0 Å². The molecule has 0 heterocycles. The lowest BCUT2D eigenvalue weighted by Crippen LogP contribution is -2.10. The van der Waals surface area contributed by atoms with Gasteiger partial charge in [-0.25, -0.2) is 4.79 Å². The fourth-order valence-electron chi connectivity index (χ4n) is 1.82. The van der Waals surface area contributed by atoms with Gasteiger partial charge in [-0.15, -0.1) is 0 Å². The van der Waals surface area contributed by atoms with Crippen molar-refractivity contribution in [2.45, 2.75) is 20.3 Å². The van der Waals surface area contributed by atoms with Gasteiger partial charge in [0.05, 0.1) is 0 Å². The van der Waals surface area contributed by atoms with Crippen LogP contribution < -0.4 is 4.74 Å². The van der Waals surface area contributed by atoms with E-state index in [1.54, 1.807) is 36.4 Å². The van der Waals surface area contributed by atoms with Crippen LogP contribution in [0.4, 0.5) is 0 Å². The average molecular weight is 340 g/mol. The van der Waals surface area contributed by atoms with E-state index in [-0.39, 0.29) is 19.0 Å². The predicted molar refractivity (Wildman–Crippen MR) is 98.9 cm³/mol. The summed E-state index contributed by atoms with van der Waals surface area (Å²) >= 11 is 0. The number of ketones is 1. The Morgan fingerprint density at radius 2 is 1.48 bits per heavy atom. The van der Waals surface area contributed by atoms with E-state index in [0.29, 0.717) is 16.9 Å². The van der Waals surface area contributed by atoms with Crippen molar-refractivity contribution in [3.8, 4) is 5.75 Å². The number of benzene rings is 2. The molecule has 0 unspecified atom stereocenters. The predicted octanol–water partition coefficient (Wildman–Crippen LogP) is 4.44. The van der Waals surface area contributed by atoms with Gasteiger partial charge < -0.3 is 9.47 Å². The first-order chi connectivity index (χ1) is 12.1. The topological polar surface area (TPSA) is 52.6 Å². The molecule has 0 bridgehead atoms. The second-order valence-corrected chi connectivity index (χ2v) is 5.15. The first kappa shape index (κ1) is 20.2. The molecule has 2 aromatic carbocycles. The Morgan fingerprint density at radius 1 is 0.920 bits per heavy atom. The van der Waals surface area contributed by atoms with Gasteiger partial charge in [0, 0.05) is 17.2 Å². The molecule has 0 aliphatic rings. The second kappa shape index (κ2) is 11.6. The molecule has 0 aliphatic carbocycles. The van der Waals surface area contributed by atoms with Crippen molar-refractivity contribution >= 4 is 11.8 Å². The Hall–Kier alpha value is -2.88. The zero-order valence-electron chi connectivity index (χ0n) is 14.7. The highest BCUT2D eigenvalue weighted by atomic mass is 16.6. The number of ether oxygens (including phenoxy) is 2. The fourth-order valence-corrected chi connectivity index (χ4v) is 1.82. The third kappa shape index (κ3) is 7.48. The normalized spacial score (nSPS) is 9.36. The Bertz CT molecular complexity index is 660. The van der Waals surface area contributed by atoms with E-state index >= 15 is 0 Å². The molecular weight excluding hydrogens is 316 g/mol. The summed E-state index contributed by atoms with van der Waals surface area (Å²) in [5.74, 6) is 0.0960. The van der Waals surface area contributed by atoms with Crippen LogP contribution in [0.5, 0.6) is 5.75 Å². The summed E-state index contributed by atoms with van der Waals surface area (Å²) in [5, 5.41) is 0. The van der Waals surface area contributed by atoms with Gasteiger partial charge in [-0.1, -0.05) is 57.2 Å². The fraction of sp³-hybridized carbons (Fsp3) is 0.238. The lowest BCUT2D eigenvalue weighted by atomic mass is 10.0. The highest BCUT2D eigenvalue weighted by molar-refractivity contribution is 6.08. The largest absolute Gasteiger partial charge is 0.490 e. The Balaban J connectivity index is 0.000000970. The van der Waals surface area contributed by atoms with Crippen LogP contribution in [0.25, 0.3) is 0 Å². The number of carbonyl (C=O) groups is 2. The second-order valence-electron chi connectivity index (χ2n) is 5.15. The van der Waals surface area contributed by atoms with E-state index in [2.05, 4.69) is 20.4 Å². The lowest BCUT2D eigenvalue weighted by molar-refractivity contribution is -0.138. The summed E-state index contributed by atoms with van der Waals surface area (Å²) in [6.07, 6.45) is 2.35. The zero-order chi connectivity index (χ0) is 18.5. The van der Waals surface area contributed by atoms with Gasteiger partial charge in [0.25, 0.3) is 0 Å². The SMILES string of the molecule is C=CC(=O)OCCOc1ccc(C(=O)c2ccccc2)cc1.CCC. The molecule has 0 amide bonds. The summed E-state index contributed by atoms with van der Waals surface area (Å²) in [4.78, 5) is 23.1. The van der Waals surface area contributed by atoms with Crippen LogP contribution in [0.3, 0.4) is 0 Å². The number of hydrogen-bond donors (Lipinski definition) is 0. The van der Waals surface area contributed by atoms with Gasteiger partial charge in [-0.05, 0) is 24.3 Å². The Kier molecular flexibility index (Phi) is 9.38. The Labute approximate surface area is 149 Å². The minimum atomic E-state index is -0.479. The van der Waals surface area contributed by atoms with Crippen molar-refractivity contribution < 1.29 is 19.1 Å². The van der Waals surface area contributed by atoms with Crippen molar-refractivity contribution in [3.63, 3.8) is 0 Å². The van der Waals surface area contributed by atoms with Crippen LogP contribution in [0.1, 0.15) is 36.2 Å².